The molecule has 0 radical (unpaired) electrons. The Labute approximate surface area is 141 Å². The maximum absolute atomic E-state index is 12.0. The number of benzene rings is 1. The molecule has 0 spiro atoms. The SMILES string of the molecule is C[Si](C)(C)/C=C(\Br)COC(=O)c1cc([N+](=O)[O-])cc([N+](=O)[O-])c1. The summed E-state index contributed by atoms with van der Waals surface area (Å²) in [4.78, 5) is 31.9. The molecular formula is C13H15BrN2O6Si. The van der Waals surface area contributed by atoms with Crippen LogP contribution in [0.4, 0.5) is 11.4 Å². The van der Waals surface area contributed by atoms with Crippen LogP contribution in [0.15, 0.2) is 28.4 Å². The van der Waals surface area contributed by atoms with Crippen molar-refractivity contribution < 1.29 is 19.4 Å². The van der Waals surface area contributed by atoms with Crippen LogP contribution in [0.1, 0.15) is 10.4 Å². The Morgan fingerprint density at radius 2 is 1.65 bits per heavy atom. The second-order valence-corrected chi connectivity index (χ2v) is 11.8. The number of ether oxygens (including phenoxy) is 1. The molecule has 0 saturated heterocycles. The van der Waals surface area contributed by atoms with Gasteiger partial charge in [0.2, 0.25) is 0 Å². The molecule has 0 N–H and O–H groups in total. The lowest BCUT2D eigenvalue weighted by Gasteiger charge is -2.11. The Kier molecular flexibility index (Phi) is 6.16. The van der Waals surface area contributed by atoms with E-state index in [2.05, 4.69) is 35.6 Å². The molecule has 0 atom stereocenters. The summed E-state index contributed by atoms with van der Waals surface area (Å²) in [5, 5.41) is 21.6. The average Bonchev–Trinajstić information content (AvgIpc) is 2.42. The number of esters is 1. The van der Waals surface area contributed by atoms with Crippen LogP contribution in [-0.4, -0.2) is 30.5 Å². The Hall–Kier alpha value is -2.07. The van der Waals surface area contributed by atoms with Gasteiger partial charge in [-0.2, -0.15) is 0 Å². The van der Waals surface area contributed by atoms with Crippen molar-refractivity contribution in [1.82, 2.24) is 0 Å². The Balaban J connectivity index is 2.98. The van der Waals surface area contributed by atoms with E-state index < -0.39 is 35.3 Å². The molecule has 0 heterocycles. The van der Waals surface area contributed by atoms with Crippen molar-refractivity contribution in [2.45, 2.75) is 19.6 Å². The van der Waals surface area contributed by atoms with Gasteiger partial charge in [0.15, 0.2) is 0 Å². The number of nitrogens with zero attached hydrogens (tertiary/aromatic N) is 2. The molecule has 1 aromatic carbocycles. The van der Waals surface area contributed by atoms with Crippen molar-refractivity contribution in [2.75, 3.05) is 6.61 Å². The largest absolute Gasteiger partial charge is 0.457 e. The standard InChI is InChI=1S/C13H15BrN2O6Si/c1-23(2,3)8-10(14)7-22-13(17)9-4-11(15(18)19)6-12(5-9)16(20)21/h4-6,8H,7H2,1-3H3/b10-8-. The van der Waals surface area contributed by atoms with Gasteiger partial charge in [-0.05, 0) is 0 Å². The monoisotopic (exact) mass is 402 g/mol. The van der Waals surface area contributed by atoms with E-state index in [0.29, 0.717) is 4.48 Å². The molecule has 0 bridgehead atoms. The van der Waals surface area contributed by atoms with E-state index in [9.17, 15) is 25.0 Å². The molecule has 124 valence electrons. The van der Waals surface area contributed by atoms with Crippen LogP contribution in [0.3, 0.4) is 0 Å². The molecule has 8 nitrogen and oxygen atoms in total. The van der Waals surface area contributed by atoms with Crippen LogP contribution in [-0.2, 0) is 4.74 Å². The normalized spacial score (nSPS) is 11.9. The van der Waals surface area contributed by atoms with E-state index in [1.807, 2.05) is 5.70 Å². The highest BCUT2D eigenvalue weighted by atomic mass is 79.9. The molecule has 23 heavy (non-hydrogen) atoms. The van der Waals surface area contributed by atoms with Crippen molar-refractivity contribution >= 4 is 41.3 Å². The number of hydrogen-bond donors (Lipinski definition) is 0. The van der Waals surface area contributed by atoms with E-state index in [4.69, 9.17) is 4.74 Å². The zero-order valence-corrected chi connectivity index (χ0v) is 15.3. The summed E-state index contributed by atoms with van der Waals surface area (Å²) in [5.74, 6) is -0.863. The van der Waals surface area contributed by atoms with Gasteiger partial charge >= 0.3 is 5.97 Å². The van der Waals surface area contributed by atoms with Crippen molar-refractivity contribution in [3.63, 3.8) is 0 Å². The zero-order valence-electron chi connectivity index (χ0n) is 12.7. The number of non-ortho nitro benzene ring substituents is 2. The Morgan fingerprint density at radius 1 is 1.17 bits per heavy atom. The third-order valence-electron chi connectivity index (χ3n) is 2.49. The summed E-state index contributed by atoms with van der Waals surface area (Å²) < 4.78 is 5.71. The maximum Gasteiger partial charge on any atom is 0.338 e. The lowest BCUT2D eigenvalue weighted by atomic mass is 10.2. The molecule has 0 aromatic heterocycles. The van der Waals surface area contributed by atoms with Crippen LogP contribution < -0.4 is 0 Å². The Bertz CT molecular complexity index is 651. The third kappa shape index (κ3) is 6.28. The molecule has 0 amide bonds. The van der Waals surface area contributed by atoms with Gasteiger partial charge in [0.05, 0.1) is 29.6 Å². The van der Waals surface area contributed by atoms with Gasteiger partial charge in [-0.1, -0.05) is 41.3 Å². The first-order valence-corrected chi connectivity index (χ1v) is 10.8. The lowest BCUT2D eigenvalue weighted by molar-refractivity contribution is -0.394. The average molecular weight is 403 g/mol. The van der Waals surface area contributed by atoms with Gasteiger partial charge in [0.25, 0.3) is 11.4 Å². The van der Waals surface area contributed by atoms with Crippen molar-refractivity contribution in [2.24, 2.45) is 0 Å². The van der Waals surface area contributed by atoms with E-state index in [0.717, 1.165) is 18.2 Å². The summed E-state index contributed by atoms with van der Waals surface area (Å²) in [7, 11) is -1.50. The predicted molar refractivity (Wildman–Crippen MR) is 90.4 cm³/mol. The lowest BCUT2D eigenvalue weighted by Crippen LogP contribution is -2.17. The molecule has 0 aliphatic heterocycles. The summed E-state index contributed by atoms with van der Waals surface area (Å²) >= 11 is 3.29. The minimum Gasteiger partial charge on any atom is -0.457 e. The van der Waals surface area contributed by atoms with Gasteiger partial charge in [0.1, 0.15) is 6.61 Å². The van der Waals surface area contributed by atoms with Gasteiger partial charge in [0, 0.05) is 16.6 Å². The predicted octanol–water partition coefficient (Wildman–Crippen LogP) is 3.82. The van der Waals surface area contributed by atoms with Crippen molar-refractivity contribution in [1.29, 1.82) is 0 Å². The molecule has 0 saturated carbocycles. The van der Waals surface area contributed by atoms with Crippen LogP contribution in [0, 0.1) is 20.2 Å². The summed E-state index contributed by atoms with van der Waals surface area (Å²) in [6, 6.07) is 2.69. The zero-order chi connectivity index (χ0) is 17.8. The van der Waals surface area contributed by atoms with E-state index in [-0.39, 0.29) is 12.2 Å². The smallest absolute Gasteiger partial charge is 0.338 e. The molecule has 0 aliphatic carbocycles. The van der Waals surface area contributed by atoms with E-state index in [1.165, 1.54) is 0 Å². The molecule has 0 fully saturated rings. The fourth-order valence-electron chi connectivity index (χ4n) is 1.65. The van der Waals surface area contributed by atoms with Crippen LogP contribution in [0.25, 0.3) is 0 Å². The molecule has 1 aromatic rings. The van der Waals surface area contributed by atoms with Crippen molar-refractivity contribution in [3.8, 4) is 0 Å². The van der Waals surface area contributed by atoms with Gasteiger partial charge in [-0.25, -0.2) is 4.79 Å². The third-order valence-corrected chi connectivity index (χ3v) is 4.59. The number of nitro groups is 2. The second kappa shape index (κ2) is 7.46. The Morgan fingerprint density at radius 3 is 2.04 bits per heavy atom. The molecule has 0 unspecified atom stereocenters. The molecular weight excluding hydrogens is 388 g/mol. The number of nitro benzene ring substituents is 2. The fourth-order valence-corrected chi connectivity index (χ4v) is 4.85. The maximum atomic E-state index is 12.0. The minimum atomic E-state index is -1.50. The minimum absolute atomic E-state index is 0.0421. The second-order valence-electron chi connectivity index (χ2n) is 5.79. The highest BCUT2D eigenvalue weighted by molar-refractivity contribution is 9.11. The summed E-state index contributed by atoms with van der Waals surface area (Å²) in [6.45, 7) is 6.25. The molecule has 0 aliphatic rings. The molecule has 10 heteroatoms. The quantitative estimate of drug-likeness (QED) is 0.309. The number of rotatable bonds is 6. The van der Waals surface area contributed by atoms with Gasteiger partial charge < -0.3 is 4.74 Å². The van der Waals surface area contributed by atoms with E-state index in [1.54, 1.807) is 0 Å². The highest BCUT2D eigenvalue weighted by Gasteiger charge is 2.21. The number of carbonyl (C=O) groups excluding carboxylic acids is 1. The summed E-state index contributed by atoms with van der Waals surface area (Å²) in [6.07, 6.45) is 0. The first kappa shape index (κ1) is 19.0. The van der Waals surface area contributed by atoms with Crippen molar-refractivity contribution in [3.05, 3.63) is 54.2 Å². The van der Waals surface area contributed by atoms with E-state index >= 15 is 0 Å². The topological polar surface area (TPSA) is 113 Å². The van der Waals surface area contributed by atoms with Gasteiger partial charge in [-0.3, -0.25) is 20.2 Å². The first-order chi connectivity index (χ1) is 10.5. The molecule has 1 rings (SSSR count). The highest BCUT2D eigenvalue weighted by Crippen LogP contribution is 2.23. The van der Waals surface area contributed by atoms with Crippen LogP contribution >= 0.6 is 15.9 Å². The van der Waals surface area contributed by atoms with Gasteiger partial charge in [-0.15, -0.1) is 0 Å². The fraction of sp³-hybridized carbons (Fsp3) is 0.308. The number of hydrogen-bond acceptors (Lipinski definition) is 6. The van der Waals surface area contributed by atoms with Crippen LogP contribution in [0.5, 0.6) is 0 Å². The first-order valence-electron chi connectivity index (χ1n) is 6.48. The number of carbonyl (C=O) groups is 1. The number of halogens is 1. The summed E-state index contributed by atoms with van der Waals surface area (Å²) in [5.41, 5.74) is 0.667. The van der Waals surface area contributed by atoms with Crippen LogP contribution in [0.2, 0.25) is 19.6 Å².